The summed E-state index contributed by atoms with van der Waals surface area (Å²) in [5.41, 5.74) is 0.991. The van der Waals surface area contributed by atoms with Crippen molar-refractivity contribution in [2.75, 3.05) is 0 Å². The van der Waals surface area contributed by atoms with Crippen LogP contribution in [0.2, 0.25) is 0 Å². The molecule has 0 unspecified atom stereocenters. The van der Waals surface area contributed by atoms with Gasteiger partial charge in [-0.25, -0.2) is 0 Å². The minimum atomic E-state index is 0.161. The van der Waals surface area contributed by atoms with Crippen molar-refractivity contribution < 1.29 is 4.79 Å². The second-order valence-electron chi connectivity index (χ2n) is 2.80. The third kappa shape index (κ3) is 2.78. The van der Waals surface area contributed by atoms with Crippen molar-refractivity contribution in [2.24, 2.45) is 0 Å². The summed E-state index contributed by atoms with van der Waals surface area (Å²) in [4.78, 5) is 12.4. The van der Waals surface area contributed by atoms with E-state index in [-0.39, 0.29) is 5.78 Å². The second kappa shape index (κ2) is 4.72. The number of thiophene rings is 1. The first-order chi connectivity index (χ1) is 6.15. The van der Waals surface area contributed by atoms with Gasteiger partial charge in [0.2, 0.25) is 0 Å². The van der Waals surface area contributed by atoms with Crippen LogP contribution in [0.4, 0.5) is 0 Å². The van der Waals surface area contributed by atoms with E-state index in [0.717, 1.165) is 21.3 Å². The molecule has 0 fully saturated rings. The molecule has 0 aliphatic heterocycles. The Hall–Kier alpha value is -0.410. The summed E-state index contributed by atoms with van der Waals surface area (Å²) in [6.07, 6.45) is 1.34. The lowest BCUT2D eigenvalue weighted by molar-refractivity contribution is 0.0995. The highest BCUT2D eigenvalue weighted by Crippen LogP contribution is 2.25. The van der Waals surface area contributed by atoms with Gasteiger partial charge in [0.25, 0.3) is 0 Å². The summed E-state index contributed by atoms with van der Waals surface area (Å²) >= 11 is 4.81. The topological polar surface area (TPSA) is 17.1 Å². The lowest BCUT2D eigenvalue weighted by atomic mass is 10.1. The molecule has 1 heterocycles. The van der Waals surface area contributed by atoms with Crippen molar-refractivity contribution in [1.29, 1.82) is 0 Å². The van der Waals surface area contributed by atoms with E-state index >= 15 is 0 Å². The Morgan fingerprint density at radius 2 is 2.38 bits per heavy atom. The molecule has 1 aromatic heterocycles. The maximum Gasteiger partial charge on any atom is 0.177 e. The van der Waals surface area contributed by atoms with E-state index in [1.54, 1.807) is 0 Å². The van der Waals surface area contributed by atoms with Crippen LogP contribution in [0.3, 0.4) is 0 Å². The van der Waals surface area contributed by atoms with Crippen molar-refractivity contribution in [3.8, 4) is 0 Å². The van der Waals surface area contributed by atoms with Crippen LogP contribution < -0.4 is 0 Å². The van der Waals surface area contributed by atoms with Gasteiger partial charge in [-0.05, 0) is 33.8 Å². The molecule has 3 heteroatoms. The summed E-state index contributed by atoms with van der Waals surface area (Å²) in [6, 6.07) is 1.90. The largest absolute Gasteiger partial charge is 0.293 e. The predicted octanol–water partition coefficient (Wildman–Crippen LogP) is 4.05. The highest BCUT2D eigenvalue weighted by Gasteiger charge is 2.11. The number of halogens is 1. The third-order valence-corrected chi connectivity index (χ3v) is 3.66. The minimum absolute atomic E-state index is 0.161. The normalized spacial score (nSPS) is 10.0. The average molecular weight is 259 g/mol. The quantitative estimate of drug-likeness (QED) is 0.589. The molecule has 0 saturated heterocycles. The van der Waals surface area contributed by atoms with Gasteiger partial charge in [-0.15, -0.1) is 11.3 Å². The lowest BCUT2D eigenvalue weighted by Crippen LogP contribution is -1.97. The molecular formula is C10H11BrOS. The van der Waals surface area contributed by atoms with Gasteiger partial charge in [0.1, 0.15) is 0 Å². The van der Waals surface area contributed by atoms with Crippen molar-refractivity contribution in [2.45, 2.75) is 19.8 Å². The van der Waals surface area contributed by atoms with Crippen molar-refractivity contribution in [3.05, 3.63) is 32.9 Å². The molecule has 0 spiro atoms. The van der Waals surface area contributed by atoms with Crippen molar-refractivity contribution >= 4 is 33.0 Å². The maximum absolute atomic E-state index is 11.6. The van der Waals surface area contributed by atoms with E-state index in [9.17, 15) is 4.79 Å². The Kier molecular flexibility index (Phi) is 3.88. The number of allylic oxidation sites excluding steroid dienone is 1. The number of carbonyl (C=O) groups is 1. The zero-order chi connectivity index (χ0) is 9.84. The van der Waals surface area contributed by atoms with Gasteiger partial charge < -0.3 is 0 Å². The summed E-state index contributed by atoms with van der Waals surface area (Å²) in [7, 11) is 0. The van der Waals surface area contributed by atoms with E-state index in [1.165, 1.54) is 11.3 Å². The highest BCUT2D eigenvalue weighted by molar-refractivity contribution is 9.10. The first-order valence-corrected chi connectivity index (χ1v) is 5.75. The zero-order valence-corrected chi connectivity index (χ0v) is 9.87. The Labute approximate surface area is 90.6 Å². The van der Waals surface area contributed by atoms with Crippen LogP contribution in [-0.2, 0) is 0 Å². The fraction of sp³-hybridized carbons (Fsp3) is 0.300. The Morgan fingerprint density at radius 1 is 1.69 bits per heavy atom. The van der Waals surface area contributed by atoms with Crippen LogP contribution >= 0.6 is 27.3 Å². The van der Waals surface area contributed by atoms with Crippen molar-refractivity contribution in [3.63, 3.8) is 0 Å². The Balaban J connectivity index is 2.69. The highest BCUT2D eigenvalue weighted by atomic mass is 79.9. The zero-order valence-electron chi connectivity index (χ0n) is 7.47. The maximum atomic E-state index is 11.6. The van der Waals surface area contributed by atoms with E-state index in [0.29, 0.717) is 6.42 Å². The van der Waals surface area contributed by atoms with Crippen LogP contribution in [-0.4, -0.2) is 5.78 Å². The van der Waals surface area contributed by atoms with Crippen LogP contribution in [0.5, 0.6) is 0 Å². The molecule has 0 bridgehead atoms. The smallest absolute Gasteiger partial charge is 0.177 e. The molecule has 0 aliphatic rings. The number of carbonyl (C=O) groups excluding carboxylic acids is 1. The van der Waals surface area contributed by atoms with Crippen molar-refractivity contribution in [1.82, 2.24) is 0 Å². The second-order valence-corrected chi connectivity index (χ2v) is 4.57. The van der Waals surface area contributed by atoms with Gasteiger partial charge in [-0.1, -0.05) is 19.1 Å². The first-order valence-electron chi connectivity index (χ1n) is 4.08. The fourth-order valence-corrected chi connectivity index (χ4v) is 2.46. The van der Waals surface area contributed by atoms with E-state index in [1.807, 2.05) is 18.4 Å². The molecule has 0 radical (unpaired) electrons. The van der Waals surface area contributed by atoms with E-state index in [4.69, 9.17) is 0 Å². The molecule has 1 rings (SSSR count). The SMILES string of the molecule is C=C(CC)CC(=O)c1sccc1Br. The number of hydrogen-bond acceptors (Lipinski definition) is 2. The molecule has 0 saturated carbocycles. The lowest BCUT2D eigenvalue weighted by Gasteiger charge is -1.99. The summed E-state index contributed by atoms with van der Waals surface area (Å²) in [5.74, 6) is 0.161. The van der Waals surface area contributed by atoms with E-state index in [2.05, 4.69) is 22.5 Å². The van der Waals surface area contributed by atoms with Crippen LogP contribution in [0.25, 0.3) is 0 Å². The monoisotopic (exact) mass is 258 g/mol. The Bertz CT molecular complexity index is 327. The molecule has 0 aliphatic carbocycles. The van der Waals surface area contributed by atoms with Crippen LogP contribution in [0, 0.1) is 0 Å². The van der Waals surface area contributed by atoms with Gasteiger partial charge in [-0.2, -0.15) is 0 Å². The molecule has 70 valence electrons. The van der Waals surface area contributed by atoms with Crippen LogP contribution in [0.15, 0.2) is 28.1 Å². The Morgan fingerprint density at radius 3 is 2.85 bits per heavy atom. The molecule has 0 amide bonds. The summed E-state index contributed by atoms with van der Waals surface area (Å²) in [5, 5.41) is 1.91. The number of rotatable bonds is 4. The molecule has 1 nitrogen and oxygen atoms in total. The number of ketones is 1. The van der Waals surface area contributed by atoms with Gasteiger partial charge in [0, 0.05) is 10.9 Å². The van der Waals surface area contributed by atoms with Crippen LogP contribution in [0.1, 0.15) is 29.4 Å². The fourth-order valence-electron chi connectivity index (χ4n) is 0.925. The minimum Gasteiger partial charge on any atom is -0.293 e. The molecule has 0 aromatic carbocycles. The molecule has 13 heavy (non-hydrogen) atoms. The number of hydrogen-bond donors (Lipinski definition) is 0. The van der Waals surface area contributed by atoms with Gasteiger partial charge in [0.05, 0.1) is 4.88 Å². The third-order valence-electron chi connectivity index (χ3n) is 1.78. The van der Waals surface area contributed by atoms with E-state index < -0.39 is 0 Å². The van der Waals surface area contributed by atoms with Gasteiger partial charge >= 0.3 is 0 Å². The van der Waals surface area contributed by atoms with Gasteiger partial charge in [0.15, 0.2) is 5.78 Å². The predicted molar refractivity (Wildman–Crippen MR) is 60.4 cm³/mol. The molecule has 0 atom stereocenters. The summed E-state index contributed by atoms with van der Waals surface area (Å²) < 4.78 is 0.895. The summed E-state index contributed by atoms with van der Waals surface area (Å²) in [6.45, 7) is 5.83. The standard InChI is InChI=1S/C10H11BrOS/c1-3-7(2)6-9(12)10-8(11)4-5-13-10/h4-5H,2-3,6H2,1H3. The number of Topliss-reactive ketones (excluding diaryl/α,β-unsaturated/α-hetero) is 1. The average Bonchev–Trinajstić information content (AvgIpc) is 2.51. The van der Waals surface area contributed by atoms with Gasteiger partial charge in [-0.3, -0.25) is 4.79 Å². The molecular weight excluding hydrogens is 248 g/mol. The first kappa shape index (κ1) is 10.7. The molecule has 0 N–H and O–H groups in total. The molecule has 1 aromatic rings.